The molecule has 0 radical (unpaired) electrons. The summed E-state index contributed by atoms with van der Waals surface area (Å²) in [6.45, 7) is 2.34. The van der Waals surface area contributed by atoms with Crippen LogP contribution in [0.15, 0.2) is 30.3 Å². The number of ether oxygens (including phenoxy) is 1. The Balaban J connectivity index is 1.39. The number of aryl methyl sites for hydroxylation is 2. The van der Waals surface area contributed by atoms with Gasteiger partial charge in [-0.15, -0.1) is 11.3 Å². The largest absolute Gasteiger partial charge is 0.383 e. The van der Waals surface area contributed by atoms with E-state index in [1.54, 1.807) is 18.4 Å². The van der Waals surface area contributed by atoms with Gasteiger partial charge >= 0.3 is 0 Å². The molecule has 1 fully saturated rings. The van der Waals surface area contributed by atoms with Crippen LogP contribution in [0.2, 0.25) is 0 Å². The van der Waals surface area contributed by atoms with Gasteiger partial charge in [-0.3, -0.25) is 9.59 Å². The van der Waals surface area contributed by atoms with Crippen molar-refractivity contribution in [2.75, 3.05) is 33.4 Å². The summed E-state index contributed by atoms with van der Waals surface area (Å²) in [6.07, 6.45) is 3.48. The molecule has 148 valence electrons. The number of rotatable bonds is 5. The topological polar surface area (TPSA) is 58.6 Å². The molecule has 5 nitrogen and oxygen atoms in total. The van der Waals surface area contributed by atoms with Crippen LogP contribution in [-0.4, -0.2) is 50.1 Å². The van der Waals surface area contributed by atoms with Gasteiger partial charge in [-0.2, -0.15) is 0 Å². The van der Waals surface area contributed by atoms with Crippen molar-refractivity contribution in [3.8, 4) is 10.4 Å². The van der Waals surface area contributed by atoms with Gasteiger partial charge in [-0.05, 0) is 48.4 Å². The highest BCUT2D eigenvalue weighted by molar-refractivity contribution is 7.17. The van der Waals surface area contributed by atoms with Gasteiger partial charge in [-0.25, -0.2) is 0 Å². The molecule has 1 aromatic heterocycles. The summed E-state index contributed by atoms with van der Waals surface area (Å²) < 4.78 is 4.97. The maximum absolute atomic E-state index is 13.0. The molecular formula is C22H26N2O3S. The molecule has 28 heavy (non-hydrogen) atoms. The van der Waals surface area contributed by atoms with Crippen LogP contribution in [0.5, 0.6) is 0 Å². The number of fused-ring (bicyclic) bond motifs is 3. The Morgan fingerprint density at radius 1 is 1.18 bits per heavy atom. The van der Waals surface area contributed by atoms with Gasteiger partial charge in [0.1, 0.15) is 0 Å². The predicted octanol–water partition coefficient (Wildman–Crippen LogP) is 3.13. The second-order valence-electron chi connectivity index (χ2n) is 7.47. The standard InChI is InChI=1S/C22H26N2O3S/c1-27-13-10-23-21(25)16-8-11-24(12-9-16)22(26)19-14-17-7-6-15-4-2-3-5-18(15)20(17)28-19/h2-5,14,16H,6-13H2,1H3,(H,23,25). The van der Waals surface area contributed by atoms with E-state index in [1.165, 1.54) is 21.6 Å². The minimum Gasteiger partial charge on any atom is -0.383 e. The van der Waals surface area contributed by atoms with Crippen molar-refractivity contribution < 1.29 is 14.3 Å². The van der Waals surface area contributed by atoms with Crippen molar-refractivity contribution in [1.82, 2.24) is 10.2 Å². The summed E-state index contributed by atoms with van der Waals surface area (Å²) in [5.74, 6) is 0.173. The van der Waals surface area contributed by atoms with E-state index in [0.717, 1.165) is 30.6 Å². The highest BCUT2D eigenvalue weighted by Gasteiger charge is 2.29. The van der Waals surface area contributed by atoms with Crippen LogP contribution in [0.25, 0.3) is 10.4 Å². The van der Waals surface area contributed by atoms with E-state index in [2.05, 4.69) is 35.6 Å². The van der Waals surface area contributed by atoms with E-state index in [-0.39, 0.29) is 17.7 Å². The van der Waals surface area contributed by atoms with E-state index < -0.39 is 0 Å². The zero-order chi connectivity index (χ0) is 19.5. The molecule has 6 heteroatoms. The first-order chi connectivity index (χ1) is 13.7. The third-order valence-corrected chi connectivity index (χ3v) is 6.90. The molecule has 0 unspecified atom stereocenters. The molecule has 1 aliphatic heterocycles. The zero-order valence-electron chi connectivity index (χ0n) is 16.2. The predicted molar refractivity (Wildman–Crippen MR) is 111 cm³/mol. The van der Waals surface area contributed by atoms with Crippen LogP contribution in [0.4, 0.5) is 0 Å². The number of hydrogen-bond acceptors (Lipinski definition) is 4. The van der Waals surface area contributed by atoms with E-state index in [1.807, 2.05) is 4.90 Å². The quantitative estimate of drug-likeness (QED) is 0.788. The number of likely N-dealkylation sites (tertiary alicyclic amines) is 1. The molecule has 1 saturated heterocycles. The van der Waals surface area contributed by atoms with Crippen LogP contribution in [0, 0.1) is 5.92 Å². The van der Waals surface area contributed by atoms with Gasteiger partial charge in [0.05, 0.1) is 11.5 Å². The van der Waals surface area contributed by atoms with Crippen molar-refractivity contribution in [1.29, 1.82) is 0 Å². The number of thiophene rings is 1. The molecular weight excluding hydrogens is 372 g/mol. The van der Waals surface area contributed by atoms with Crippen molar-refractivity contribution in [3.05, 3.63) is 46.3 Å². The number of nitrogens with one attached hydrogen (secondary N) is 1. The number of benzene rings is 1. The second kappa shape index (κ2) is 8.45. The smallest absolute Gasteiger partial charge is 0.263 e. The molecule has 0 saturated carbocycles. The van der Waals surface area contributed by atoms with Crippen LogP contribution >= 0.6 is 11.3 Å². The number of hydrogen-bond donors (Lipinski definition) is 1. The SMILES string of the molecule is COCCNC(=O)C1CCN(C(=O)c2cc3c(s2)-c2ccccc2CC3)CC1. The lowest BCUT2D eigenvalue weighted by Crippen LogP contribution is -2.43. The molecule has 1 aromatic carbocycles. The fourth-order valence-electron chi connectivity index (χ4n) is 4.10. The number of methoxy groups -OCH3 is 1. The van der Waals surface area contributed by atoms with Gasteiger partial charge in [0, 0.05) is 37.5 Å². The van der Waals surface area contributed by atoms with Crippen LogP contribution in [0.3, 0.4) is 0 Å². The lowest BCUT2D eigenvalue weighted by atomic mass is 9.91. The minimum atomic E-state index is -0.00988. The summed E-state index contributed by atoms with van der Waals surface area (Å²) >= 11 is 1.62. The first kappa shape index (κ1) is 19.2. The van der Waals surface area contributed by atoms with Crippen LogP contribution < -0.4 is 5.32 Å². The molecule has 2 aromatic rings. The third kappa shape index (κ3) is 3.84. The fraction of sp³-hybridized carbons (Fsp3) is 0.455. The van der Waals surface area contributed by atoms with Crippen molar-refractivity contribution in [2.24, 2.45) is 5.92 Å². The maximum Gasteiger partial charge on any atom is 0.263 e. The number of piperidine rings is 1. The van der Waals surface area contributed by atoms with E-state index in [4.69, 9.17) is 4.74 Å². The Bertz CT molecular complexity index is 868. The Labute approximate surface area is 169 Å². The molecule has 2 aliphatic rings. The first-order valence-corrected chi connectivity index (χ1v) is 10.8. The molecule has 4 rings (SSSR count). The fourth-order valence-corrected chi connectivity index (χ4v) is 5.34. The average Bonchev–Trinajstić information content (AvgIpc) is 3.18. The highest BCUT2D eigenvalue weighted by atomic mass is 32.1. The lowest BCUT2D eigenvalue weighted by molar-refractivity contribution is -0.126. The van der Waals surface area contributed by atoms with Crippen LogP contribution in [0.1, 0.15) is 33.6 Å². The second-order valence-corrected chi connectivity index (χ2v) is 8.52. The normalized spacial score (nSPS) is 16.4. The number of nitrogens with zero attached hydrogens (tertiary/aromatic N) is 1. The van der Waals surface area contributed by atoms with Gasteiger partial charge < -0.3 is 15.0 Å². The Hall–Kier alpha value is -2.18. The van der Waals surface area contributed by atoms with Gasteiger partial charge in [0.15, 0.2) is 0 Å². The molecule has 1 N–H and O–H groups in total. The van der Waals surface area contributed by atoms with E-state index in [9.17, 15) is 9.59 Å². The summed E-state index contributed by atoms with van der Waals surface area (Å²) in [6, 6.07) is 10.6. The summed E-state index contributed by atoms with van der Waals surface area (Å²) in [5, 5.41) is 2.91. The Morgan fingerprint density at radius 2 is 1.93 bits per heavy atom. The molecule has 0 bridgehead atoms. The number of carbonyl (C=O) groups excluding carboxylic acids is 2. The zero-order valence-corrected chi connectivity index (χ0v) is 17.0. The van der Waals surface area contributed by atoms with Gasteiger partial charge in [-0.1, -0.05) is 24.3 Å². The molecule has 2 heterocycles. The summed E-state index contributed by atoms with van der Waals surface area (Å²) in [5.41, 5.74) is 3.94. The minimum absolute atomic E-state index is 0.00988. The molecule has 0 atom stereocenters. The molecule has 2 amide bonds. The van der Waals surface area contributed by atoms with Gasteiger partial charge in [0.2, 0.25) is 5.91 Å². The molecule has 1 aliphatic carbocycles. The van der Waals surface area contributed by atoms with Crippen molar-refractivity contribution >= 4 is 23.2 Å². The summed E-state index contributed by atoms with van der Waals surface area (Å²) in [7, 11) is 1.62. The van der Waals surface area contributed by atoms with E-state index >= 15 is 0 Å². The number of amides is 2. The van der Waals surface area contributed by atoms with Crippen LogP contribution in [-0.2, 0) is 22.4 Å². The van der Waals surface area contributed by atoms with Crippen molar-refractivity contribution in [3.63, 3.8) is 0 Å². The van der Waals surface area contributed by atoms with Gasteiger partial charge in [0.25, 0.3) is 5.91 Å². The first-order valence-electron chi connectivity index (χ1n) is 9.94. The lowest BCUT2D eigenvalue weighted by Gasteiger charge is -2.31. The third-order valence-electron chi connectivity index (χ3n) is 5.70. The highest BCUT2D eigenvalue weighted by Crippen LogP contribution is 2.40. The monoisotopic (exact) mass is 398 g/mol. The summed E-state index contributed by atoms with van der Waals surface area (Å²) in [4.78, 5) is 29.2. The average molecular weight is 399 g/mol. The number of carbonyl (C=O) groups is 2. The van der Waals surface area contributed by atoms with Crippen molar-refractivity contribution in [2.45, 2.75) is 25.7 Å². The van der Waals surface area contributed by atoms with E-state index in [0.29, 0.717) is 26.2 Å². The maximum atomic E-state index is 13.0. The Morgan fingerprint density at radius 3 is 2.71 bits per heavy atom. The Kier molecular flexibility index (Phi) is 5.78. The molecule has 0 spiro atoms.